The molecule has 1 aromatic heterocycles. The number of nitrogens with two attached hydrogens (primary N) is 3. The number of halogens is 2. The van der Waals surface area contributed by atoms with Gasteiger partial charge < -0.3 is 17.2 Å². The van der Waals surface area contributed by atoms with E-state index in [9.17, 15) is 8.78 Å². The van der Waals surface area contributed by atoms with E-state index in [0.29, 0.717) is 5.56 Å². The van der Waals surface area contributed by atoms with Crippen molar-refractivity contribution in [2.24, 2.45) is 5.73 Å². The Balaban J connectivity index is 3.20. The molecule has 0 aliphatic heterocycles. The van der Waals surface area contributed by atoms with Gasteiger partial charge in [-0.25, -0.2) is 13.8 Å². The molecule has 0 radical (unpaired) electrons. The van der Waals surface area contributed by atoms with E-state index >= 15 is 0 Å². The van der Waals surface area contributed by atoms with Crippen molar-refractivity contribution >= 4 is 11.5 Å². The minimum absolute atomic E-state index is 0.0298. The van der Waals surface area contributed by atoms with Crippen LogP contribution in [0.5, 0.6) is 0 Å². The molecule has 0 unspecified atom stereocenters. The van der Waals surface area contributed by atoms with Crippen LogP contribution in [0.4, 0.5) is 20.3 Å². The van der Waals surface area contributed by atoms with Gasteiger partial charge in [0, 0.05) is 17.8 Å². The standard InChI is InChI=1S/C7H10F2N4/c8-6(9)5-1-4(11)3(2-10)7(12)13-5/h1,6H,2,10H2,(H4,11,12,13). The zero-order valence-electron chi connectivity index (χ0n) is 6.80. The van der Waals surface area contributed by atoms with Crippen LogP contribution in [0, 0.1) is 0 Å². The smallest absolute Gasteiger partial charge is 0.280 e. The highest BCUT2D eigenvalue weighted by Crippen LogP contribution is 2.24. The fourth-order valence-electron chi connectivity index (χ4n) is 0.967. The van der Waals surface area contributed by atoms with Crippen LogP contribution >= 0.6 is 0 Å². The number of anilines is 2. The minimum Gasteiger partial charge on any atom is -0.398 e. The Morgan fingerprint density at radius 1 is 1.38 bits per heavy atom. The SMILES string of the molecule is NCc1c(N)cc(C(F)F)nc1N. The topological polar surface area (TPSA) is 91.0 Å². The summed E-state index contributed by atoms with van der Waals surface area (Å²) in [4.78, 5) is 3.47. The van der Waals surface area contributed by atoms with Gasteiger partial charge in [0.05, 0.1) is 0 Å². The van der Waals surface area contributed by atoms with E-state index in [-0.39, 0.29) is 18.1 Å². The number of hydrogen-bond acceptors (Lipinski definition) is 4. The van der Waals surface area contributed by atoms with Crippen LogP contribution < -0.4 is 17.2 Å². The van der Waals surface area contributed by atoms with E-state index < -0.39 is 12.1 Å². The summed E-state index contributed by atoms with van der Waals surface area (Å²) in [6, 6.07) is 1.09. The Kier molecular flexibility index (Phi) is 2.62. The van der Waals surface area contributed by atoms with Gasteiger partial charge in [-0.3, -0.25) is 0 Å². The van der Waals surface area contributed by atoms with Crippen molar-refractivity contribution in [1.82, 2.24) is 4.98 Å². The molecule has 0 aliphatic carbocycles. The van der Waals surface area contributed by atoms with E-state index in [1.165, 1.54) is 0 Å². The Morgan fingerprint density at radius 3 is 2.38 bits per heavy atom. The molecule has 72 valence electrons. The van der Waals surface area contributed by atoms with Gasteiger partial charge in [-0.1, -0.05) is 0 Å². The van der Waals surface area contributed by atoms with E-state index in [0.717, 1.165) is 6.07 Å². The van der Waals surface area contributed by atoms with Crippen molar-refractivity contribution in [2.75, 3.05) is 11.5 Å². The molecule has 4 nitrogen and oxygen atoms in total. The first-order chi connectivity index (χ1) is 6.06. The number of alkyl halides is 2. The van der Waals surface area contributed by atoms with Crippen molar-refractivity contribution in [3.63, 3.8) is 0 Å². The van der Waals surface area contributed by atoms with Crippen LogP contribution in [0.2, 0.25) is 0 Å². The molecular weight excluding hydrogens is 178 g/mol. The van der Waals surface area contributed by atoms with Crippen molar-refractivity contribution < 1.29 is 8.78 Å². The molecule has 0 aliphatic rings. The maximum Gasteiger partial charge on any atom is 0.280 e. The van der Waals surface area contributed by atoms with E-state index in [4.69, 9.17) is 17.2 Å². The molecule has 6 heteroatoms. The van der Waals surface area contributed by atoms with Crippen LogP contribution in [0.3, 0.4) is 0 Å². The molecule has 1 rings (SSSR count). The van der Waals surface area contributed by atoms with E-state index in [2.05, 4.69) is 4.98 Å². The summed E-state index contributed by atoms with van der Waals surface area (Å²) in [6.45, 7) is 0.0915. The van der Waals surface area contributed by atoms with E-state index in [1.807, 2.05) is 0 Å². The highest BCUT2D eigenvalue weighted by Gasteiger charge is 2.13. The third-order valence-electron chi connectivity index (χ3n) is 1.64. The zero-order chi connectivity index (χ0) is 10.0. The molecule has 0 fully saturated rings. The average molecular weight is 188 g/mol. The Morgan fingerprint density at radius 2 is 2.00 bits per heavy atom. The Hall–Kier alpha value is -1.43. The van der Waals surface area contributed by atoms with Gasteiger partial charge in [-0.2, -0.15) is 0 Å². The van der Waals surface area contributed by atoms with Gasteiger partial charge in [-0.15, -0.1) is 0 Å². The van der Waals surface area contributed by atoms with Crippen LogP contribution in [0.25, 0.3) is 0 Å². The normalized spacial score (nSPS) is 10.8. The summed E-state index contributed by atoms with van der Waals surface area (Å²) < 4.78 is 24.3. The number of nitrogen functional groups attached to an aromatic ring is 2. The lowest BCUT2D eigenvalue weighted by Gasteiger charge is -2.08. The molecule has 0 spiro atoms. The molecule has 0 saturated carbocycles. The van der Waals surface area contributed by atoms with Crippen LogP contribution in [-0.4, -0.2) is 4.98 Å². The fourth-order valence-corrected chi connectivity index (χ4v) is 0.967. The molecular formula is C7H10F2N4. The predicted molar refractivity (Wildman–Crippen MR) is 45.9 cm³/mol. The third-order valence-corrected chi connectivity index (χ3v) is 1.64. The maximum atomic E-state index is 12.2. The van der Waals surface area contributed by atoms with Gasteiger partial charge in [0.25, 0.3) is 6.43 Å². The van der Waals surface area contributed by atoms with E-state index in [1.54, 1.807) is 0 Å². The summed E-state index contributed by atoms with van der Waals surface area (Å²) in [5, 5.41) is 0. The second kappa shape index (κ2) is 3.53. The van der Waals surface area contributed by atoms with Gasteiger partial charge in [0.2, 0.25) is 0 Å². The monoisotopic (exact) mass is 188 g/mol. The predicted octanol–water partition coefficient (Wildman–Crippen LogP) is 0.642. The first kappa shape index (κ1) is 9.66. The highest BCUT2D eigenvalue weighted by atomic mass is 19.3. The number of aromatic nitrogens is 1. The molecule has 6 N–H and O–H groups in total. The molecule has 1 aromatic rings. The molecule has 0 aromatic carbocycles. The van der Waals surface area contributed by atoms with Crippen LogP contribution in [0.15, 0.2) is 6.07 Å². The summed E-state index contributed by atoms with van der Waals surface area (Å²) in [5.41, 5.74) is 16.2. The lowest BCUT2D eigenvalue weighted by Crippen LogP contribution is -2.09. The largest absolute Gasteiger partial charge is 0.398 e. The molecule has 0 amide bonds. The lowest BCUT2D eigenvalue weighted by molar-refractivity contribution is 0.146. The van der Waals surface area contributed by atoms with Crippen molar-refractivity contribution in [1.29, 1.82) is 0 Å². The summed E-state index contributed by atoms with van der Waals surface area (Å²) in [7, 11) is 0. The second-order valence-electron chi connectivity index (χ2n) is 2.50. The van der Waals surface area contributed by atoms with Gasteiger partial charge in [0.1, 0.15) is 11.5 Å². The number of nitrogens with zero attached hydrogens (tertiary/aromatic N) is 1. The van der Waals surface area contributed by atoms with Gasteiger partial charge in [-0.05, 0) is 6.07 Å². The van der Waals surface area contributed by atoms with Gasteiger partial charge >= 0.3 is 0 Å². The highest BCUT2D eigenvalue weighted by molar-refractivity contribution is 5.58. The second-order valence-corrected chi connectivity index (χ2v) is 2.50. The van der Waals surface area contributed by atoms with Crippen LogP contribution in [-0.2, 0) is 6.54 Å². The Labute approximate surface area is 73.7 Å². The number of pyridine rings is 1. The van der Waals surface area contributed by atoms with Crippen molar-refractivity contribution in [2.45, 2.75) is 13.0 Å². The molecule has 1 heterocycles. The number of rotatable bonds is 2. The summed E-state index contributed by atoms with van der Waals surface area (Å²) >= 11 is 0. The van der Waals surface area contributed by atoms with Crippen molar-refractivity contribution in [3.05, 3.63) is 17.3 Å². The minimum atomic E-state index is -2.67. The first-order valence-corrected chi connectivity index (χ1v) is 3.59. The number of hydrogen-bond donors (Lipinski definition) is 3. The third kappa shape index (κ3) is 1.83. The maximum absolute atomic E-state index is 12.2. The quantitative estimate of drug-likeness (QED) is 0.635. The fraction of sp³-hybridized carbons (Fsp3) is 0.286. The van der Waals surface area contributed by atoms with Crippen molar-refractivity contribution in [3.8, 4) is 0 Å². The zero-order valence-corrected chi connectivity index (χ0v) is 6.80. The molecule has 0 saturated heterocycles. The van der Waals surface area contributed by atoms with Gasteiger partial charge in [0.15, 0.2) is 0 Å². The molecule has 13 heavy (non-hydrogen) atoms. The average Bonchev–Trinajstić information content (AvgIpc) is 2.03. The lowest BCUT2D eigenvalue weighted by atomic mass is 10.2. The first-order valence-electron chi connectivity index (χ1n) is 3.59. The molecule has 0 bridgehead atoms. The van der Waals surface area contributed by atoms with Crippen LogP contribution in [0.1, 0.15) is 17.7 Å². The summed E-state index contributed by atoms with van der Waals surface area (Å²) in [5.74, 6) is -0.0298. The molecule has 0 atom stereocenters. The summed E-state index contributed by atoms with van der Waals surface area (Å²) in [6.07, 6.45) is -2.67. The Bertz CT molecular complexity index is 290.